The van der Waals surface area contributed by atoms with Crippen molar-refractivity contribution in [2.24, 2.45) is 5.92 Å². The molecule has 0 spiro atoms. The number of hydrogen-bond donors (Lipinski definition) is 3. The number of benzene rings is 1. The first-order valence-electron chi connectivity index (χ1n) is 11.4. The zero-order chi connectivity index (χ0) is 21.9. The SMILES string of the molecule is O=C(O)[C@H]1CCc2ncc(CCN[C@H](c3ccccc3)[C@H]3CNc4cccnc4C3)cc21. The Kier molecular flexibility index (Phi) is 5.86. The molecule has 3 heterocycles. The van der Waals surface area contributed by atoms with Crippen molar-refractivity contribution >= 4 is 11.7 Å². The molecule has 2 aliphatic rings. The topological polar surface area (TPSA) is 87.1 Å². The van der Waals surface area contributed by atoms with Gasteiger partial charge >= 0.3 is 5.97 Å². The minimum absolute atomic E-state index is 0.202. The van der Waals surface area contributed by atoms with E-state index in [2.05, 4.69) is 57.0 Å². The maximum absolute atomic E-state index is 11.5. The van der Waals surface area contributed by atoms with Gasteiger partial charge in [0.1, 0.15) is 0 Å². The van der Waals surface area contributed by atoms with Gasteiger partial charge in [0.2, 0.25) is 0 Å². The standard InChI is InChI=1S/C26H28N4O2/c31-26(32)20-8-9-22-21(20)13-17(15-29-22)10-12-28-25(18-5-2-1-3-6-18)19-14-24-23(30-16-19)7-4-11-27-24/h1-7,11,13,15,19-20,25,28,30H,8-10,12,14,16H2,(H,31,32)/t19-,20+,25-/m1/s1. The van der Waals surface area contributed by atoms with E-state index in [1.807, 2.05) is 24.5 Å². The fourth-order valence-corrected chi connectivity index (χ4v) is 5.04. The molecule has 0 fully saturated rings. The van der Waals surface area contributed by atoms with E-state index < -0.39 is 11.9 Å². The van der Waals surface area contributed by atoms with Crippen LogP contribution in [-0.2, 0) is 24.1 Å². The zero-order valence-electron chi connectivity index (χ0n) is 18.0. The minimum Gasteiger partial charge on any atom is -0.481 e. The van der Waals surface area contributed by atoms with E-state index in [0.717, 1.165) is 60.6 Å². The lowest BCUT2D eigenvalue weighted by molar-refractivity contribution is -0.138. The number of fused-ring (bicyclic) bond motifs is 2. The third-order valence-electron chi connectivity index (χ3n) is 6.71. The third-order valence-corrected chi connectivity index (χ3v) is 6.71. The van der Waals surface area contributed by atoms with Crippen LogP contribution in [0.2, 0.25) is 0 Å². The van der Waals surface area contributed by atoms with Gasteiger partial charge in [0.15, 0.2) is 0 Å². The second-order valence-electron chi connectivity index (χ2n) is 8.74. The Balaban J connectivity index is 1.29. The monoisotopic (exact) mass is 428 g/mol. The molecule has 0 radical (unpaired) electrons. The average Bonchev–Trinajstić information content (AvgIpc) is 3.26. The summed E-state index contributed by atoms with van der Waals surface area (Å²) >= 11 is 0. The van der Waals surface area contributed by atoms with Crippen LogP contribution in [0.25, 0.3) is 0 Å². The number of pyridine rings is 2. The molecule has 3 aromatic rings. The molecule has 3 atom stereocenters. The van der Waals surface area contributed by atoms with Crippen LogP contribution in [0.4, 0.5) is 5.69 Å². The Morgan fingerprint density at radius 3 is 2.88 bits per heavy atom. The fourth-order valence-electron chi connectivity index (χ4n) is 5.04. The van der Waals surface area contributed by atoms with Crippen LogP contribution in [0.5, 0.6) is 0 Å². The number of nitrogens with one attached hydrogen (secondary N) is 2. The van der Waals surface area contributed by atoms with Crippen molar-refractivity contribution in [2.45, 2.75) is 37.6 Å². The van der Waals surface area contributed by atoms with Gasteiger partial charge in [0.25, 0.3) is 0 Å². The molecule has 1 aromatic carbocycles. The van der Waals surface area contributed by atoms with E-state index in [9.17, 15) is 9.90 Å². The van der Waals surface area contributed by atoms with Crippen LogP contribution in [-0.4, -0.2) is 34.1 Å². The summed E-state index contributed by atoms with van der Waals surface area (Å²) in [6, 6.07) is 16.9. The molecule has 0 bridgehead atoms. The molecule has 1 aliphatic carbocycles. The van der Waals surface area contributed by atoms with Gasteiger partial charge in [-0.25, -0.2) is 0 Å². The minimum atomic E-state index is -0.747. The highest BCUT2D eigenvalue weighted by molar-refractivity contribution is 5.77. The van der Waals surface area contributed by atoms with Gasteiger partial charge in [-0.3, -0.25) is 14.8 Å². The smallest absolute Gasteiger partial charge is 0.311 e. The number of anilines is 1. The molecule has 3 N–H and O–H groups in total. The Morgan fingerprint density at radius 2 is 2.03 bits per heavy atom. The molecule has 6 nitrogen and oxygen atoms in total. The quantitative estimate of drug-likeness (QED) is 0.531. The van der Waals surface area contributed by atoms with Crippen molar-refractivity contribution in [2.75, 3.05) is 18.4 Å². The van der Waals surface area contributed by atoms with E-state index in [1.54, 1.807) is 0 Å². The van der Waals surface area contributed by atoms with Crippen LogP contribution in [0.1, 0.15) is 46.5 Å². The lowest BCUT2D eigenvalue weighted by Gasteiger charge is -2.33. The van der Waals surface area contributed by atoms with Crippen molar-refractivity contribution in [3.8, 4) is 0 Å². The lowest BCUT2D eigenvalue weighted by Crippen LogP contribution is -2.37. The maximum atomic E-state index is 11.5. The van der Waals surface area contributed by atoms with Crippen LogP contribution in [0.15, 0.2) is 60.9 Å². The lowest BCUT2D eigenvalue weighted by atomic mass is 9.86. The Hall–Kier alpha value is -3.25. The molecular weight excluding hydrogens is 400 g/mol. The Labute approximate surface area is 188 Å². The van der Waals surface area contributed by atoms with Gasteiger partial charge in [-0.15, -0.1) is 0 Å². The van der Waals surface area contributed by atoms with Crippen molar-refractivity contribution in [1.29, 1.82) is 0 Å². The van der Waals surface area contributed by atoms with E-state index in [-0.39, 0.29) is 6.04 Å². The van der Waals surface area contributed by atoms with Crippen LogP contribution >= 0.6 is 0 Å². The summed E-state index contributed by atoms with van der Waals surface area (Å²) < 4.78 is 0. The first-order chi connectivity index (χ1) is 15.7. The number of rotatable bonds is 7. The number of hydrogen-bond acceptors (Lipinski definition) is 5. The van der Waals surface area contributed by atoms with Crippen molar-refractivity contribution in [3.05, 3.63) is 89.0 Å². The summed E-state index contributed by atoms with van der Waals surface area (Å²) in [7, 11) is 0. The number of carbonyl (C=O) groups is 1. The largest absolute Gasteiger partial charge is 0.481 e. The van der Waals surface area contributed by atoms with E-state index in [1.165, 1.54) is 5.56 Å². The Bertz CT molecular complexity index is 1100. The second kappa shape index (κ2) is 9.09. The average molecular weight is 429 g/mol. The molecule has 0 saturated carbocycles. The predicted molar refractivity (Wildman–Crippen MR) is 124 cm³/mol. The number of nitrogens with zero attached hydrogens (tertiary/aromatic N) is 2. The summed E-state index contributed by atoms with van der Waals surface area (Å²) in [5, 5.41) is 16.8. The highest BCUT2D eigenvalue weighted by atomic mass is 16.4. The molecule has 6 heteroatoms. The normalized spacial score (nSPS) is 20.1. The summed E-state index contributed by atoms with van der Waals surface area (Å²) in [5.74, 6) is -0.777. The van der Waals surface area contributed by atoms with Gasteiger partial charge in [0.05, 0.1) is 17.3 Å². The van der Waals surface area contributed by atoms with E-state index >= 15 is 0 Å². The summed E-state index contributed by atoms with van der Waals surface area (Å²) in [4.78, 5) is 20.7. The number of aryl methyl sites for hydroxylation is 1. The molecule has 0 amide bonds. The molecule has 164 valence electrons. The predicted octanol–water partition coefficient (Wildman–Crippen LogP) is 3.75. The van der Waals surface area contributed by atoms with Gasteiger partial charge in [-0.2, -0.15) is 0 Å². The van der Waals surface area contributed by atoms with E-state index in [4.69, 9.17) is 0 Å². The maximum Gasteiger partial charge on any atom is 0.311 e. The van der Waals surface area contributed by atoms with Gasteiger partial charge in [-0.1, -0.05) is 36.4 Å². The van der Waals surface area contributed by atoms with Gasteiger partial charge in [-0.05, 0) is 61.1 Å². The van der Waals surface area contributed by atoms with Gasteiger partial charge < -0.3 is 15.7 Å². The molecule has 5 rings (SSSR count). The highest BCUT2D eigenvalue weighted by Crippen LogP contribution is 2.33. The number of aliphatic carboxylic acids is 1. The summed E-state index contributed by atoms with van der Waals surface area (Å²) in [6.07, 6.45) is 6.91. The highest BCUT2D eigenvalue weighted by Gasteiger charge is 2.30. The van der Waals surface area contributed by atoms with Gasteiger partial charge in [0, 0.05) is 36.6 Å². The summed E-state index contributed by atoms with van der Waals surface area (Å²) in [5.41, 5.74) is 6.45. The number of carboxylic acids is 1. The molecule has 2 aromatic heterocycles. The van der Waals surface area contributed by atoms with Crippen LogP contribution < -0.4 is 10.6 Å². The molecule has 0 saturated heterocycles. The molecular formula is C26H28N4O2. The molecule has 0 unspecified atom stereocenters. The molecule has 1 aliphatic heterocycles. The zero-order valence-corrected chi connectivity index (χ0v) is 18.0. The van der Waals surface area contributed by atoms with Crippen molar-refractivity contribution < 1.29 is 9.90 Å². The van der Waals surface area contributed by atoms with Crippen molar-refractivity contribution in [1.82, 2.24) is 15.3 Å². The van der Waals surface area contributed by atoms with Crippen LogP contribution in [0, 0.1) is 5.92 Å². The first-order valence-corrected chi connectivity index (χ1v) is 11.4. The second-order valence-corrected chi connectivity index (χ2v) is 8.74. The molecule has 32 heavy (non-hydrogen) atoms. The summed E-state index contributed by atoms with van der Waals surface area (Å²) in [6.45, 7) is 1.69. The first kappa shape index (κ1) is 20.6. The number of aromatic nitrogens is 2. The fraction of sp³-hybridized carbons (Fsp3) is 0.346. The number of carboxylic acid groups (broad SMARTS) is 1. The van der Waals surface area contributed by atoms with Crippen LogP contribution in [0.3, 0.4) is 0 Å². The Morgan fingerprint density at radius 1 is 1.16 bits per heavy atom. The van der Waals surface area contributed by atoms with Crippen molar-refractivity contribution in [3.63, 3.8) is 0 Å². The third kappa shape index (κ3) is 4.23. The van der Waals surface area contributed by atoms with E-state index in [0.29, 0.717) is 12.3 Å².